The van der Waals surface area contributed by atoms with Gasteiger partial charge in [-0.25, -0.2) is 0 Å². The standard InChI is InChI=1S/C17H19BrN2O/c1-11-3-2-4-12(7-11)16(20-19)10-14-9-15(18)8-13-5-6-21-17(13)14/h2-4,7-9,16,20H,5-6,10,19H2,1H3. The average molecular weight is 347 g/mol. The number of hydrogen-bond donors (Lipinski definition) is 2. The summed E-state index contributed by atoms with van der Waals surface area (Å²) in [6, 6.07) is 12.8. The van der Waals surface area contributed by atoms with Crippen molar-refractivity contribution in [2.75, 3.05) is 6.61 Å². The fourth-order valence-corrected chi connectivity index (χ4v) is 3.43. The first-order valence-corrected chi connectivity index (χ1v) is 7.93. The summed E-state index contributed by atoms with van der Waals surface area (Å²) < 4.78 is 6.90. The third-order valence-electron chi connectivity index (χ3n) is 3.90. The quantitative estimate of drug-likeness (QED) is 0.658. The number of benzene rings is 2. The molecule has 0 fully saturated rings. The molecule has 0 saturated heterocycles. The van der Waals surface area contributed by atoms with Gasteiger partial charge in [0.25, 0.3) is 0 Å². The van der Waals surface area contributed by atoms with Crippen molar-refractivity contribution in [3.63, 3.8) is 0 Å². The van der Waals surface area contributed by atoms with E-state index in [1.54, 1.807) is 0 Å². The monoisotopic (exact) mass is 346 g/mol. The van der Waals surface area contributed by atoms with Gasteiger partial charge in [0.15, 0.2) is 0 Å². The van der Waals surface area contributed by atoms with Crippen molar-refractivity contribution in [1.29, 1.82) is 0 Å². The highest BCUT2D eigenvalue weighted by atomic mass is 79.9. The minimum absolute atomic E-state index is 0.0764. The van der Waals surface area contributed by atoms with Crippen molar-refractivity contribution in [3.8, 4) is 5.75 Å². The fourth-order valence-electron chi connectivity index (χ4n) is 2.88. The molecule has 0 radical (unpaired) electrons. The molecule has 21 heavy (non-hydrogen) atoms. The van der Waals surface area contributed by atoms with Crippen LogP contribution in [0.4, 0.5) is 0 Å². The molecule has 0 aromatic heterocycles. The lowest BCUT2D eigenvalue weighted by molar-refractivity contribution is 0.351. The van der Waals surface area contributed by atoms with E-state index in [4.69, 9.17) is 10.6 Å². The van der Waals surface area contributed by atoms with E-state index in [9.17, 15) is 0 Å². The van der Waals surface area contributed by atoms with Crippen LogP contribution in [0.3, 0.4) is 0 Å². The zero-order valence-electron chi connectivity index (χ0n) is 12.0. The van der Waals surface area contributed by atoms with E-state index < -0.39 is 0 Å². The maximum Gasteiger partial charge on any atom is 0.125 e. The van der Waals surface area contributed by atoms with Crippen molar-refractivity contribution in [2.45, 2.75) is 25.8 Å². The largest absolute Gasteiger partial charge is 0.493 e. The zero-order valence-corrected chi connectivity index (χ0v) is 13.6. The predicted octanol–water partition coefficient (Wildman–Crippen LogP) is 3.44. The van der Waals surface area contributed by atoms with Crippen molar-refractivity contribution in [3.05, 3.63) is 63.1 Å². The van der Waals surface area contributed by atoms with Crippen LogP contribution in [0.25, 0.3) is 0 Å². The average Bonchev–Trinajstić information content (AvgIpc) is 2.92. The van der Waals surface area contributed by atoms with E-state index in [1.807, 2.05) is 0 Å². The fraction of sp³-hybridized carbons (Fsp3) is 0.294. The second-order valence-corrected chi connectivity index (χ2v) is 6.40. The molecule has 2 aromatic carbocycles. The summed E-state index contributed by atoms with van der Waals surface area (Å²) in [5.74, 6) is 6.82. The number of ether oxygens (including phenoxy) is 1. The third-order valence-corrected chi connectivity index (χ3v) is 4.35. The Labute approximate surface area is 133 Å². The number of halogens is 1. The predicted molar refractivity (Wildman–Crippen MR) is 88.3 cm³/mol. The molecule has 1 heterocycles. The van der Waals surface area contributed by atoms with Gasteiger partial charge in [-0.3, -0.25) is 11.3 Å². The van der Waals surface area contributed by atoms with Crippen molar-refractivity contribution in [1.82, 2.24) is 5.43 Å². The Morgan fingerprint density at radius 2 is 2.19 bits per heavy atom. The first-order chi connectivity index (χ1) is 10.2. The van der Waals surface area contributed by atoms with E-state index in [0.717, 1.165) is 29.7 Å². The van der Waals surface area contributed by atoms with Gasteiger partial charge in [0, 0.05) is 10.9 Å². The third kappa shape index (κ3) is 3.12. The zero-order chi connectivity index (χ0) is 14.8. The van der Waals surface area contributed by atoms with Crippen LogP contribution in [0.5, 0.6) is 5.75 Å². The van der Waals surface area contributed by atoms with Gasteiger partial charge in [0.05, 0.1) is 12.6 Å². The normalized spacial score (nSPS) is 14.6. The molecule has 1 aliphatic heterocycles. The molecule has 0 spiro atoms. The first kappa shape index (κ1) is 14.6. The highest BCUT2D eigenvalue weighted by Gasteiger charge is 2.20. The summed E-state index contributed by atoms with van der Waals surface area (Å²) in [6.07, 6.45) is 1.79. The van der Waals surface area contributed by atoms with Crippen LogP contribution in [-0.2, 0) is 12.8 Å². The van der Waals surface area contributed by atoms with Crippen LogP contribution in [0.15, 0.2) is 40.9 Å². The van der Waals surface area contributed by atoms with Crippen molar-refractivity contribution in [2.24, 2.45) is 5.84 Å². The number of hydrazine groups is 1. The van der Waals surface area contributed by atoms with Gasteiger partial charge < -0.3 is 4.74 Å². The molecule has 1 atom stereocenters. The molecule has 3 nitrogen and oxygen atoms in total. The molecular weight excluding hydrogens is 328 g/mol. The number of nitrogens with one attached hydrogen (secondary N) is 1. The van der Waals surface area contributed by atoms with Gasteiger partial charge in [-0.2, -0.15) is 0 Å². The number of nitrogens with two attached hydrogens (primary N) is 1. The van der Waals surface area contributed by atoms with Gasteiger partial charge in [-0.05, 0) is 42.2 Å². The molecule has 3 N–H and O–H groups in total. The van der Waals surface area contributed by atoms with E-state index in [-0.39, 0.29) is 6.04 Å². The lowest BCUT2D eigenvalue weighted by Crippen LogP contribution is -2.29. The molecule has 3 rings (SSSR count). The Kier molecular flexibility index (Phi) is 4.29. The Morgan fingerprint density at radius 1 is 1.33 bits per heavy atom. The second kappa shape index (κ2) is 6.18. The summed E-state index contributed by atoms with van der Waals surface area (Å²) >= 11 is 3.59. The SMILES string of the molecule is Cc1cccc(C(Cc2cc(Br)cc3c2OCC3)NN)c1. The Hall–Kier alpha value is -1.36. The van der Waals surface area contributed by atoms with Gasteiger partial charge in [0.2, 0.25) is 0 Å². The van der Waals surface area contributed by atoms with E-state index in [2.05, 4.69) is 64.7 Å². The summed E-state index contributed by atoms with van der Waals surface area (Å²) in [5.41, 5.74) is 7.84. The molecule has 1 unspecified atom stereocenters. The molecule has 0 aliphatic carbocycles. The van der Waals surface area contributed by atoms with Gasteiger partial charge in [-0.1, -0.05) is 45.8 Å². The second-order valence-electron chi connectivity index (χ2n) is 5.49. The minimum Gasteiger partial charge on any atom is -0.493 e. The first-order valence-electron chi connectivity index (χ1n) is 7.14. The van der Waals surface area contributed by atoms with E-state index in [0.29, 0.717) is 0 Å². The Bertz CT molecular complexity index is 657. The van der Waals surface area contributed by atoms with Crippen LogP contribution in [0.2, 0.25) is 0 Å². The van der Waals surface area contributed by atoms with Crippen LogP contribution >= 0.6 is 15.9 Å². The Balaban J connectivity index is 1.91. The molecule has 1 aliphatic rings. The molecule has 0 amide bonds. The number of hydrogen-bond acceptors (Lipinski definition) is 3. The summed E-state index contributed by atoms with van der Waals surface area (Å²) in [4.78, 5) is 0. The maximum atomic E-state index is 5.80. The Morgan fingerprint density at radius 3 is 2.95 bits per heavy atom. The van der Waals surface area contributed by atoms with Gasteiger partial charge >= 0.3 is 0 Å². The maximum absolute atomic E-state index is 5.80. The topological polar surface area (TPSA) is 47.3 Å². The lowest BCUT2D eigenvalue weighted by atomic mass is 9.96. The van der Waals surface area contributed by atoms with Crippen LogP contribution in [0, 0.1) is 6.92 Å². The van der Waals surface area contributed by atoms with Crippen molar-refractivity contribution < 1.29 is 4.74 Å². The van der Waals surface area contributed by atoms with Crippen molar-refractivity contribution >= 4 is 15.9 Å². The summed E-state index contributed by atoms with van der Waals surface area (Å²) in [5, 5.41) is 0. The summed E-state index contributed by atoms with van der Waals surface area (Å²) in [6.45, 7) is 2.86. The number of aryl methyl sites for hydroxylation is 1. The molecular formula is C17H19BrN2O. The molecule has 4 heteroatoms. The van der Waals surface area contributed by atoms with E-state index in [1.165, 1.54) is 22.3 Å². The highest BCUT2D eigenvalue weighted by Crippen LogP contribution is 2.35. The van der Waals surface area contributed by atoms with Crippen LogP contribution < -0.4 is 16.0 Å². The summed E-state index contributed by atoms with van der Waals surface area (Å²) in [7, 11) is 0. The van der Waals surface area contributed by atoms with Gasteiger partial charge in [-0.15, -0.1) is 0 Å². The van der Waals surface area contributed by atoms with Gasteiger partial charge in [0.1, 0.15) is 5.75 Å². The van der Waals surface area contributed by atoms with Crippen LogP contribution in [0.1, 0.15) is 28.3 Å². The molecule has 0 saturated carbocycles. The number of fused-ring (bicyclic) bond motifs is 1. The molecule has 2 aromatic rings. The molecule has 0 bridgehead atoms. The highest BCUT2D eigenvalue weighted by molar-refractivity contribution is 9.10. The smallest absolute Gasteiger partial charge is 0.125 e. The van der Waals surface area contributed by atoms with Crippen LogP contribution in [-0.4, -0.2) is 6.61 Å². The lowest BCUT2D eigenvalue weighted by Gasteiger charge is -2.19. The molecule has 110 valence electrons. The minimum atomic E-state index is 0.0764. The van der Waals surface area contributed by atoms with E-state index >= 15 is 0 Å². The number of rotatable bonds is 4.